The third-order valence-electron chi connectivity index (χ3n) is 3.58. The molecule has 2 unspecified atom stereocenters. The van der Waals surface area contributed by atoms with E-state index in [-0.39, 0.29) is 6.04 Å². The molecule has 2 heteroatoms. The maximum atomic E-state index is 6.34. The van der Waals surface area contributed by atoms with E-state index >= 15 is 0 Å². The largest absolute Gasteiger partial charge is 0.496 e. The van der Waals surface area contributed by atoms with Gasteiger partial charge in [0.05, 0.1) is 7.11 Å². The highest BCUT2D eigenvalue weighted by Crippen LogP contribution is 2.28. The fourth-order valence-corrected chi connectivity index (χ4v) is 3.08. The molecule has 0 saturated heterocycles. The fourth-order valence-electron chi connectivity index (χ4n) is 3.08. The standard InChI is InChI=1S/C18H31NO/c1-13-7-8-17(20-6)15(9-13)11-16(19)10-14(2)12-18(3,4)5/h7-9,14,16H,10-12,19H2,1-6H3. The molecule has 1 aromatic rings. The summed E-state index contributed by atoms with van der Waals surface area (Å²) >= 11 is 0. The number of hydrogen-bond donors (Lipinski definition) is 1. The SMILES string of the molecule is COc1ccc(C)cc1CC(N)CC(C)CC(C)(C)C. The van der Waals surface area contributed by atoms with Gasteiger partial charge in [-0.05, 0) is 49.1 Å². The third-order valence-corrected chi connectivity index (χ3v) is 3.58. The molecule has 0 fully saturated rings. The topological polar surface area (TPSA) is 35.2 Å². The molecule has 0 spiro atoms. The fraction of sp³-hybridized carbons (Fsp3) is 0.667. The Morgan fingerprint density at radius 1 is 1.25 bits per heavy atom. The van der Waals surface area contributed by atoms with Crippen LogP contribution in [0, 0.1) is 18.3 Å². The van der Waals surface area contributed by atoms with Crippen LogP contribution in [0.2, 0.25) is 0 Å². The summed E-state index contributed by atoms with van der Waals surface area (Å²) in [5, 5.41) is 0. The Morgan fingerprint density at radius 3 is 2.45 bits per heavy atom. The van der Waals surface area contributed by atoms with Gasteiger partial charge in [-0.1, -0.05) is 45.4 Å². The average molecular weight is 277 g/mol. The zero-order chi connectivity index (χ0) is 15.3. The van der Waals surface area contributed by atoms with Crippen molar-refractivity contribution in [3.8, 4) is 5.75 Å². The molecule has 0 aliphatic carbocycles. The van der Waals surface area contributed by atoms with Gasteiger partial charge < -0.3 is 10.5 Å². The van der Waals surface area contributed by atoms with Crippen LogP contribution >= 0.6 is 0 Å². The van der Waals surface area contributed by atoms with Crippen LogP contribution in [0.15, 0.2) is 18.2 Å². The molecule has 2 nitrogen and oxygen atoms in total. The Bertz CT molecular complexity index is 420. The first kappa shape index (κ1) is 17.0. The molecule has 2 N–H and O–H groups in total. The molecule has 0 bridgehead atoms. The molecule has 2 atom stereocenters. The summed E-state index contributed by atoms with van der Waals surface area (Å²) in [6, 6.07) is 6.50. The van der Waals surface area contributed by atoms with Gasteiger partial charge in [0.25, 0.3) is 0 Å². The third kappa shape index (κ3) is 5.96. The highest BCUT2D eigenvalue weighted by Gasteiger charge is 2.18. The number of hydrogen-bond acceptors (Lipinski definition) is 2. The lowest BCUT2D eigenvalue weighted by atomic mass is 9.82. The van der Waals surface area contributed by atoms with Crippen molar-refractivity contribution in [2.24, 2.45) is 17.1 Å². The second kappa shape index (κ2) is 7.12. The second-order valence-electron chi connectivity index (χ2n) is 7.39. The highest BCUT2D eigenvalue weighted by atomic mass is 16.5. The Hall–Kier alpha value is -1.02. The van der Waals surface area contributed by atoms with Crippen molar-refractivity contribution in [3.05, 3.63) is 29.3 Å². The normalized spacial score (nSPS) is 14.9. The molecule has 114 valence electrons. The second-order valence-corrected chi connectivity index (χ2v) is 7.39. The average Bonchev–Trinajstić information content (AvgIpc) is 2.26. The zero-order valence-electron chi connectivity index (χ0n) is 14.0. The Morgan fingerprint density at radius 2 is 1.90 bits per heavy atom. The van der Waals surface area contributed by atoms with Crippen molar-refractivity contribution in [2.75, 3.05) is 7.11 Å². The van der Waals surface area contributed by atoms with Crippen LogP contribution in [0.1, 0.15) is 51.7 Å². The number of nitrogens with two attached hydrogens (primary N) is 1. The van der Waals surface area contributed by atoms with E-state index in [1.165, 1.54) is 17.5 Å². The van der Waals surface area contributed by atoms with E-state index in [1.807, 2.05) is 6.07 Å². The quantitative estimate of drug-likeness (QED) is 0.839. The monoisotopic (exact) mass is 277 g/mol. The summed E-state index contributed by atoms with van der Waals surface area (Å²) in [5.74, 6) is 1.61. The van der Waals surface area contributed by atoms with Crippen LogP contribution in [-0.4, -0.2) is 13.2 Å². The number of methoxy groups -OCH3 is 1. The van der Waals surface area contributed by atoms with Gasteiger partial charge in [-0.25, -0.2) is 0 Å². The van der Waals surface area contributed by atoms with E-state index < -0.39 is 0 Å². The summed E-state index contributed by atoms with van der Waals surface area (Å²) in [4.78, 5) is 0. The van der Waals surface area contributed by atoms with Crippen molar-refractivity contribution in [3.63, 3.8) is 0 Å². The molecule has 0 heterocycles. The van der Waals surface area contributed by atoms with Gasteiger partial charge in [-0.2, -0.15) is 0 Å². The van der Waals surface area contributed by atoms with Gasteiger partial charge in [0, 0.05) is 6.04 Å². The van der Waals surface area contributed by atoms with Gasteiger partial charge >= 0.3 is 0 Å². The Labute approximate surface area is 124 Å². The van der Waals surface area contributed by atoms with Gasteiger partial charge in [-0.3, -0.25) is 0 Å². The number of ether oxygens (including phenoxy) is 1. The first-order valence-electron chi connectivity index (χ1n) is 7.60. The molecule has 0 aliphatic rings. The molecule has 1 rings (SSSR count). The lowest BCUT2D eigenvalue weighted by Crippen LogP contribution is -2.27. The zero-order valence-corrected chi connectivity index (χ0v) is 14.0. The minimum absolute atomic E-state index is 0.197. The van der Waals surface area contributed by atoms with Crippen molar-refractivity contribution >= 4 is 0 Å². The summed E-state index contributed by atoms with van der Waals surface area (Å²) in [6.45, 7) is 11.3. The summed E-state index contributed by atoms with van der Waals surface area (Å²) in [7, 11) is 1.72. The number of aryl methyl sites for hydroxylation is 1. The molecule has 0 aliphatic heterocycles. The highest BCUT2D eigenvalue weighted by molar-refractivity contribution is 5.37. The predicted octanol–water partition coefficient (Wildman–Crippen LogP) is 4.34. The van der Waals surface area contributed by atoms with Gasteiger partial charge in [0.2, 0.25) is 0 Å². The van der Waals surface area contributed by atoms with Crippen LogP contribution in [-0.2, 0) is 6.42 Å². The summed E-state index contributed by atoms with van der Waals surface area (Å²) in [6.07, 6.45) is 3.17. The number of rotatable bonds is 6. The molecule has 20 heavy (non-hydrogen) atoms. The molecule has 0 aromatic heterocycles. The van der Waals surface area contributed by atoms with Crippen molar-refractivity contribution < 1.29 is 4.74 Å². The van der Waals surface area contributed by atoms with Crippen molar-refractivity contribution in [1.29, 1.82) is 0 Å². The van der Waals surface area contributed by atoms with Crippen molar-refractivity contribution in [2.45, 2.75) is 59.9 Å². The first-order valence-corrected chi connectivity index (χ1v) is 7.60. The van der Waals surface area contributed by atoms with Crippen LogP contribution in [0.3, 0.4) is 0 Å². The smallest absolute Gasteiger partial charge is 0.122 e. The van der Waals surface area contributed by atoms with Crippen LogP contribution in [0.4, 0.5) is 0 Å². The van der Waals surface area contributed by atoms with Gasteiger partial charge in [-0.15, -0.1) is 0 Å². The minimum atomic E-state index is 0.197. The maximum Gasteiger partial charge on any atom is 0.122 e. The lowest BCUT2D eigenvalue weighted by Gasteiger charge is -2.25. The van der Waals surface area contributed by atoms with E-state index in [0.29, 0.717) is 11.3 Å². The van der Waals surface area contributed by atoms with Crippen molar-refractivity contribution in [1.82, 2.24) is 0 Å². The lowest BCUT2D eigenvalue weighted by molar-refractivity contribution is 0.284. The maximum absolute atomic E-state index is 6.34. The van der Waals surface area contributed by atoms with E-state index in [1.54, 1.807) is 7.11 Å². The minimum Gasteiger partial charge on any atom is -0.496 e. The molecule has 1 aromatic carbocycles. The van der Waals surface area contributed by atoms with Crippen LogP contribution in [0.5, 0.6) is 5.75 Å². The molecule has 0 radical (unpaired) electrons. The van der Waals surface area contributed by atoms with E-state index in [0.717, 1.165) is 18.6 Å². The molecule has 0 saturated carbocycles. The summed E-state index contributed by atoms with van der Waals surface area (Å²) in [5.41, 5.74) is 9.20. The first-order chi connectivity index (χ1) is 9.21. The summed E-state index contributed by atoms with van der Waals surface area (Å²) < 4.78 is 5.43. The van der Waals surface area contributed by atoms with E-state index in [9.17, 15) is 0 Å². The predicted molar refractivity (Wildman–Crippen MR) is 87.3 cm³/mol. The van der Waals surface area contributed by atoms with Crippen LogP contribution < -0.4 is 10.5 Å². The van der Waals surface area contributed by atoms with E-state index in [4.69, 9.17) is 10.5 Å². The van der Waals surface area contributed by atoms with Gasteiger partial charge in [0.15, 0.2) is 0 Å². The van der Waals surface area contributed by atoms with Crippen LogP contribution in [0.25, 0.3) is 0 Å². The number of benzene rings is 1. The Balaban J connectivity index is 2.62. The van der Waals surface area contributed by atoms with E-state index in [2.05, 4.69) is 46.8 Å². The molecular weight excluding hydrogens is 246 g/mol. The van der Waals surface area contributed by atoms with Gasteiger partial charge in [0.1, 0.15) is 5.75 Å². The Kier molecular flexibility index (Phi) is 6.07. The molecular formula is C18H31NO. The molecule has 0 amide bonds.